The fraction of sp³-hybridized carbons (Fsp3) is 0.500. The van der Waals surface area contributed by atoms with Crippen LogP contribution in [0.15, 0.2) is 24.3 Å². The second-order valence-corrected chi connectivity index (χ2v) is 4.91. The van der Waals surface area contributed by atoms with Crippen LogP contribution in [0, 0.1) is 0 Å². The quantitative estimate of drug-likeness (QED) is 0.789. The first-order valence-electron chi connectivity index (χ1n) is 6.47. The lowest BCUT2D eigenvalue weighted by Gasteiger charge is -2.25. The van der Waals surface area contributed by atoms with Crippen LogP contribution in [0.25, 0.3) is 11.0 Å². The zero-order valence-electron chi connectivity index (χ0n) is 10.4. The number of hydrogen-bond acceptors (Lipinski definition) is 2. The number of likely N-dealkylation sites (tertiary alicyclic amines) is 1. The van der Waals surface area contributed by atoms with Gasteiger partial charge in [-0.15, -0.1) is 0 Å². The van der Waals surface area contributed by atoms with Gasteiger partial charge in [-0.2, -0.15) is 0 Å². The summed E-state index contributed by atoms with van der Waals surface area (Å²) in [5, 5.41) is 0. The molecule has 0 unspecified atom stereocenters. The zero-order valence-corrected chi connectivity index (χ0v) is 10.4. The van der Waals surface area contributed by atoms with Crippen LogP contribution >= 0.6 is 0 Å². The van der Waals surface area contributed by atoms with Crippen molar-refractivity contribution in [2.75, 3.05) is 13.1 Å². The highest BCUT2D eigenvalue weighted by Gasteiger charge is 2.14. The maximum atomic E-state index is 4.73. The van der Waals surface area contributed by atoms with Crippen molar-refractivity contribution in [3.8, 4) is 0 Å². The molecule has 0 bridgehead atoms. The molecule has 3 heteroatoms. The molecule has 0 N–H and O–H groups in total. The van der Waals surface area contributed by atoms with Crippen molar-refractivity contribution in [3.05, 3.63) is 30.1 Å². The van der Waals surface area contributed by atoms with E-state index in [9.17, 15) is 0 Å². The summed E-state index contributed by atoms with van der Waals surface area (Å²) >= 11 is 0. The molecular weight excluding hydrogens is 210 g/mol. The molecule has 1 fully saturated rings. The average molecular weight is 229 g/mol. The summed E-state index contributed by atoms with van der Waals surface area (Å²) in [6.07, 6.45) is 4.06. The van der Waals surface area contributed by atoms with E-state index in [1.165, 1.54) is 43.7 Å². The van der Waals surface area contributed by atoms with Gasteiger partial charge in [0.15, 0.2) is 0 Å². The van der Waals surface area contributed by atoms with Crippen molar-refractivity contribution >= 4 is 11.0 Å². The predicted octanol–water partition coefficient (Wildman–Crippen LogP) is 2.56. The minimum atomic E-state index is 0.991. The summed E-state index contributed by atoms with van der Waals surface area (Å²) in [4.78, 5) is 7.25. The van der Waals surface area contributed by atoms with Gasteiger partial charge in [-0.3, -0.25) is 4.90 Å². The normalized spacial score (nSPS) is 17.7. The molecule has 3 rings (SSSR count). The third-order valence-electron chi connectivity index (χ3n) is 3.69. The molecule has 0 saturated carbocycles. The topological polar surface area (TPSA) is 21.1 Å². The number of aromatic nitrogens is 2. The van der Waals surface area contributed by atoms with E-state index in [0.717, 1.165) is 12.1 Å². The molecular formula is C14H19N3. The first-order valence-corrected chi connectivity index (χ1v) is 6.47. The Morgan fingerprint density at radius 2 is 1.88 bits per heavy atom. The van der Waals surface area contributed by atoms with Gasteiger partial charge in [0.25, 0.3) is 0 Å². The van der Waals surface area contributed by atoms with Crippen molar-refractivity contribution < 1.29 is 0 Å². The van der Waals surface area contributed by atoms with Crippen LogP contribution in [0.5, 0.6) is 0 Å². The molecule has 2 heterocycles. The second kappa shape index (κ2) is 4.49. The molecule has 0 aliphatic carbocycles. The van der Waals surface area contributed by atoms with Gasteiger partial charge in [0.1, 0.15) is 5.82 Å². The lowest BCUT2D eigenvalue weighted by molar-refractivity contribution is 0.214. The molecule has 0 amide bonds. The molecule has 1 aromatic heterocycles. The fourth-order valence-electron chi connectivity index (χ4n) is 2.65. The molecule has 0 spiro atoms. The number of piperidine rings is 1. The van der Waals surface area contributed by atoms with E-state index in [-0.39, 0.29) is 0 Å². The molecule has 3 nitrogen and oxygen atoms in total. The van der Waals surface area contributed by atoms with Gasteiger partial charge in [0.05, 0.1) is 17.6 Å². The Morgan fingerprint density at radius 1 is 1.12 bits per heavy atom. The number of nitrogens with zero attached hydrogens (tertiary/aromatic N) is 3. The summed E-state index contributed by atoms with van der Waals surface area (Å²) in [5.74, 6) is 1.19. The van der Waals surface area contributed by atoms with Crippen molar-refractivity contribution in [2.45, 2.75) is 25.8 Å². The van der Waals surface area contributed by atoms with E-state index in [2.05, 4.69) is 40.8 Å². The molecule has 1 aliphatic heterocycles. The number of fused-ring (bicyclic) bond motifs is 1. The van der Waals surface area contributed by atoms with E-state index >= 15 is 0 Å². The molecule has 90 valence electrons. The van der Waals surface area contributed by atoms with Crippen LogP contribution in [0.1, 0.15) is 25.1 Å². The Balaban J connectivity index is 1.87. The van der Waals surface area contributed by atoms with E-state index in [1.807, 2.05) is 0 Å². The minimum Gasteiger partial charge on any atom is -0.330 e. The highest BCUT2D eigenvalue weighted by atomic mass is 15.2. The first kappa shape index (κ1) is 10.8. The molecule has 0 atom stereocenters. The third kappa shape index (κ3) is 2.07. The average Bonchev–Trinajstić information content (AvgIpc) is 2.68. The lowest BCUT2D eigenvalue weighted by Crippen LogP contribution is -2.30. The van der Waals surface area contributed by atoms with E-state index in [0.29, 0.717) is 0 Å². The van der Waals surface area contributed by atoms with Gasteiger partial charge >= 0.3 is 0 Å². The summed E-state index contributed by atoms with van der Waals surface area (Å²) in [5.41, 5.74) is 2.35. The van der Waals surface area contributed by atoms with E-state index in [1.54, 1.807) is 0 Å². The Labute approximate surface area is 102 Å². The fourth-order valence-corrected chi connectivity index (χ4v) is 2.65. The van der Waals surface area contributed by atoms with Gasteiger partial charge in [-0.05, 0) is 38.1 Å². The van der Waals surface area contributed by atoms with Crippen LogP contribution in [-0.2, 0) is 13.6 Å². The summed E-state index contributed by atoms with van der Waals surface area (Å²) in [6, 6.07) is 8.37. The van der Waals surface area contributed by atoms with Crippen molar-refractivity contribution in [1.29, 1.82) is 0 Å². The lowest BCUT2D eigenvalue weighted by atomic mass is 10.1. The van der Waals surface area contributed by atoms with Crippen LogP contribution in [0.2, 0.25) is 0 Å². The van der Waals surface area contributed by atoms with Gasteiger partial charge in [0, 0.05) is 7.05 Å². The van der Waals surface area contributed by atoms with Gasteiger partial charge in [-0.25, -0.2) is 4.98 Å². The van der Waals surface area contributed by atoms with Crippen molar-refractivity contribution in [1.82, 2.24) is 14.5 Å². The largest absolute Gasteiger partial charge is 0.330 e. The molecule has 17 heavy (non-hydrogen) atoms. The predicted molar refractivity (Wildman–Crippen MR) is 69.8 cm³/mol. The van der Waals surface area contributed by atoms with Gasteiger partial charge in [0.2, 0.25) is 0 Å². The van der Waals surface area contributed by atoms with Crippen molar-refractivity contribution in [2.24, 2.45) is 7.05 Å². The third-order valence-corrected chi connectivity index (χ3v) is 3.69. The number of para-hydroxylation sites is 2. The molecule has 1 aliphatic rings. The smallest absolute Gasteiger partial charge is 0.123 e. The molecule has 1 aromatic carbocycles. The van der Waals surface area contributed by atoms with Gasteiger partial charge in [-0.1, -0.05) is 18.6 Å². The Morgan fingerprint density at radius 3 is 2.65 bits per heavy atom. The van der Waals surface area contributed by atoms with E-state index < -0.39 is 0 Å². The number of benzene rings is 1. The maximum absolute atomic E-state index is 4.73. The van der Waals surface area contributed by atoms with Crippen molar-refractivity contribution in [3.63, 3.8) is 0 Å². The molecule has 1 saturated heterocycles. The Bertz CT molecular complexity index is 509. The number of aryl methyl sites for hydroxylation is 1. The summed E-state index contributed by atoms with van der Waals surface area (Å²) < 4.78 is 2.23. The zero-order chi connectivity index (χ0) is 11.7. The highest BCUT2D eigenvalue weighted by molar-refractivity contribution is 5.75. The standard InChI is InChI=1S/C14H19N3/c1-16-13-8-4-3-7-12(13)15-14(16)11-17-9-5-2-6-10-17/h3-4,7-8H,2,5-6,9-11H2,1H3. The Hall–Kier alpha value is -1.35. The van der Waals surface area contributed by atoms with E-state index in [4.69, 9.17) is 4.98 Å². The van der Waals surface area contributed by atoms with Crippen LogP contribution in [0.4, 0.5) is 0 Å². The Kier molecular flexibility index (Phi) is 2.85. The summed E-state index contributed by atoms with van der Waals surface area (Å²) in [6.45, 7) is 3.44. The monoisotopic (exact) mass is 229 g/mol. The van der Waals surface area contributed by atoms with Gasteiger partial charge < -0.3 is 4.57 Å². The SMILES string of the molecule is Cn1c(CN2CCCCC2)nc2ccccc21. The number of hydrogen-bond donors (Lipinski definition) is 0. The highest BCUT2D eigenvalue weighted by Crippen LogP contribution is 2.17. The second-order valence-electron chi connectivity index (χ2n) is 4.91. The maximum Gasteiger partial charge on any atom is 0.123 e. The van der Waals surface area contributed by atoms with Crippen LogP contribution < -0.4 is 0 Å². The number of rotatable bonds is 2. The van der Waals surface area contributed by atoms with Crippen LogP contribution in [0.3, 0.4) is 0 Å². The van der Waals surface area contributed by atoms with Crippen LogP contribution in [-0.4, -0.2) is 27.5 Å². The molecule has 0 radical (unpaired) electrons. The number of imidazole rings is 1. The summed E-state index contributed by atoms with van der Waals surface area (Å²) in [7, 11) is 2.12. The minimum absolute atomic E-state index is 0.991. The first-order chi connectivity index (χ1) is 8.34. The molecule has 2 aromatic rings.